The van der Waals surface area contributed by atoms with Crippen LogP contribution in [0.25, 0.3) is 0 Å². The molecular weight excluding hydrogens is 254 g/mol. The SMILES string of the molecule is CC1CCN(c2ccc(C(=O)N(C)C)cc2N)C1CO. The summed E-state index contributed by atoms with van der Waals surface area (Å²) in [5.41, 5.74) is 8.19. The zero-order valence-electron chi connectivity index (χ0n) is 12.3. The molecule has 0 spiro atoms. The molecule has 2 unspecified atom stereocenters. The van der Waals surface area contributed by atoms with Gasteiger partial charge in [-0.05, 0) is 30.5 Å². The predicted molar refractivity (Wildman–Crippen MR) is 80.9 cm³/mol. The Balaban J connectivity index is 2.28. The molecular formula is C15H23N3O2. The van der Waals surface area contributed by atoms with Gasteiger partial charge in [0.05, 0.1) is 24.0 Å². The Morgan fingerprint density at radius 1 is 1.50 bits per heavy atom. The molecule has 1 aliphatic rings. The summed E-state index contributed by atoms with van der Waals surface area (Å²) >= 11 is 0. The molecule has 1 aliphatic heterocycles. The summed E-state index contributed by atoms with van der Waals surface area (Å²) in [6.07, 6.45) is 1.04. The molecule has 20 heavy (non-hydrogen) atoms. The van der Waals surface area contributed by atoms with E-state index >= 15 is 0 Å². The first-order valence-corrected chi connectivity index (χ1v) is 6.94. The van der Waals surface area contributed by atoms with Gasteiger partial charge in [-0.25, -0.2) is 0 Å². The summed E-state index contributed by atoms with van der Waals surface area (Å²) in [6, 6.07) is 5.50. The van der Waals surface area contributed by atoms with Crippen LogP contribution >= 0.6 is 0 Å². The van der Waals surface area contributed by atoms with Crippen molar-refractivity contribution in [3.63, 3.8) is 0 Å². The lowest BCUT2D eigenvalue weighted by Gasteiger charge is -2.28. The van der Waals surface area contributed by atoms with Crippen LogP contribution < -0.4 is 10.6 Å². The van der Waals surface area contributed by atoms with Crippen molar-refractivity contribution in [3.05, 3.63) is 23.8 Å². The molecule has 1 aromatic carbocycles. The maximum atomic E-state index is 11.9. The third kappa shape index (κ3) is 2.58. The van der Waals surface area contributed by atoms with Crippen LogP contribution in [0.3, 0.4) is 0 Å². The second-order valence-electron chi connectivity index (χ2n) is 5.68. The summed E-state index contributed by atoms with van der Waals surface area (Å²) in [7, 11) is 3.44. The van der Waals surface area contributed by atoms with Crippen LogP contribution in [0, 0.1) is 5.92 Å². The molecule has 2 rings (SSSR count). The van der Waals surface area contributed by atoms with Gasteiger partial charge in [0, 0.05) is 26.2 Å². The predicted octanol–water partition coefficient (Wildman–Crippen LogP) is 1.18. The van der Waals surface area contributed by atoms with E-state index in [1.54, 1.807) is 26.2 Å². The average Bonchev–Trinajstić information content (AvgIpc) is 2.78. The van der Waals surface area contributed by atoms with E-state index in [9.17, 15) is 9.90 Å². The minimum absolute atomic E-state index is 0.0586. The molecule has 110 valence electrons. The number of nitrogens with zero attached hydrogens (tertiary/aromatic N) is 2. The van der Waals surface area contributed by atoms with E-state index in [1.165, 1.54) is 4.90 Å². The Hall–Kier alpha value is -1.75. The van der Waals surface area contributed by atoms with Gasteiger partial charge < -0.3 is 20.6 Å². The zero-order chi connectivity index (χ0) is 14.9. The molecule has 5 nitrogen and oxygen atoms in total. The van der Waals surface area contributed by atoms with Gasteiger partial charge in [-0.3, -0.25) is 4.79 Å². The fourth-order valence-electron chi connectivity index (χ4n) is 2.79. The number of rotatable bonds is 3. The third-order valence-corrected chi connectivity index (χ3v) is 4.06. The summed E-state index contributed by atoms with van der Waals surface area (Å²) in [5, 5.41) is 9.53. The number of aliphatic hydroxyl groups excluding tert-OH is 1. The van der Waals surface area contributed by atoms with Gasteiger partial charge in [-0.1, -0.05) is 6.92 Å². The molecule has 1 amide bonds. The van der Waals surface area contributed by atoms with Crippen LogP contribution in [0.4, 0.5) is 11.4 Å². The van der Waals surface area contributed by atoms with Crippen molar-refractivity contribution in [1.29, 1.82) is 0 Å². The van der Waals surface area contributed by atoms with Gasteiger partial charge in [-0.2, -0.15) is 0 Å². The number of anilines is 2. The molecule has 3 N–H and O–H groups in total. The minimum Gasteiger partial charge on any atom is -0.397 e. The lowest BCUT2D eigenvalue weighted by atomic mass is 10.0. The average molecular weight is 277 g/mol. The maximum Gasteiger partial charge on any atom is 0.253 e. The molecule has 1 saturated heterocycles. The number of hydrogen-bond acceptors (Lipinski definition) is 4. The van der Waals surface area contributed by atoms with Gasteiger partial charge in [0.15, 0.2) is 0 Å². The van der Waals surface area contributed by atoms with Crippen LogP contribution in [0.1, 0.15) is 23.7 Å². The number of carbonyl (C=O) groups excluding carboxylic acids is 1. The highest BCUT2D eigenvalue weighted by atomic mass is 16.3. The van der Waals surface area contributed by atoms with Crippen LogP contribution in [-0.2, 0) is 0 Å². The fraction of sp³-hybridized carbons (Fsp3) is 0.533. The molecule has 0 aromatic heterocycles. The summed E-state index contributed by atoms with van der Waals surface area (Å²) in [4.78, 5) is 15.6. The van der Waals surface area contributed by atoms with Crippen molar-refractivity contribution in [3.8, 4) is 0 Å². The maximum absolute atomic E-state index is 11.9. The number of carbonyl (C=O) groups is 1. The molecule has 0 saturated carbocycles. The van der Waals surface area contributed by atoms with Crippen molar-refractivity contribution in [1.82, 2.24) is 4.90 Å². The van der Waals surface area contributed by atoms with E-state index in [0.29, 0.717) is 17.2 Å². The molecule has 1 heterocycles. The zero-order valence-corrected chi connectivity index (χ0v) is 12.3. The Bertz CT molecular complexity index is 502. The lowest BCUT2D eigenvalue weighted by molar-refractivity contribution is 0.0827. The Morgan fingerprint density at radius 3 is 2.75 bits per heavy atom. The van der Waals surface area contributed by atoms with Gasteiger partial charge in [-0.15, -0.1) is 0 Å². The van der Waals surface area contributed by atoms with Crippen LogP contribution in [0.2, 0.25) is 0 Å². The molecule has 0 bridgehead atoms. The van der Waals surface area contributed by atoms with Crippen LogP contribution in [-0.4, -0.2) is 49.2 Å². The normalized spacial score (nSPS) is 22.1. The first-order chi connectivity index (χ1) is 9.45. The summed E-state index contributed by atoms with van der Waals surface area (Å²) in [5.74, 6) is 0.388. The largest absolute Gasteiger partial charge is 0.397 e. The van der Waals surface area contributed by atoms with Crippen LogP contribution in [0.5, 0.6) is 0 Å². The topological polar surface area (TPSA) is 69.8 Å². The number of amides is 1. The highest BCUT2D eigenvalue weighted by molar-refractivity contribution is 5.95. The second kappa shape index (κ2) is 5.71. The van der Waals surface area contributed by atoms with Gasteiger partial charge in [0.25, 0.3) is 5.91 Å². The fourth-order valence-corrected chi connectivity index (χ4v) is 2.79. The minimum atomic E-state index is -0.0586. The first-order valence-electron chi connectivity index (χ1n) is 6.94. The van der Waals surface area contributed by atoms with Gasteiger partial charge in [0.2, 0.25) is 0 Å². The highest BCUT2D eigenvalue weighted by Gasteiger charge is 2.31. The van der Waals surface area contributed by atoms with Crippen molar-refractivity contribution in [2.24, 2.45) is 5.92 Å². The van der Waals surface area contributed by atoms with Gasteiger partial charge in [0.1, 0.15) is 0 Å². The quantitative estimate of drug-likeness (QED) is 0.814. The summed E-state index contributed by atoms with van der Waals surface area (Å²) < 4.78 is 0. The van der Waals surface area contributed by atoms with Crippen molar-refractivity contribution < 1.29 is 9.90 Å². The molecule has 1 fully saturated rings. The Labute approximate surface area is 120 Å². The number of benzene rings is 1. The number of aliphatic hydroxyl groups is 1. The van der Waals surface area contributed by atoms with Gasteiger partial charge >= 0.3 is 0 Å². The smallest absolute Gasteiger partial charge is 0.253 e. The van der Waals surface area contributed by atoms with E-state index in [1.807, 2.05) is 6.07 Å². The Kier molecular flexibility index (Phi) is 4.18. The van der Waals surface area contributed by atoms with Crippen LogP contribution in [0.15, 0.2) is 18.2 Å². The van der Waals surface area contributed by atoms with E-state index in [-0.39, 0.29) is 18.6 Å². The molecule has 5 heteroatoms. The highest BCUT2D eigenvalue weighted by Crippen LogP contribution is 2.33. The number of hydrogen-bond donors (Lipinski definition) is 2. The van der Waals surface area contributed by atoms with E-state index in [0.717, 1.165) is 18.7 Å². The summed E-state index contributed by atoms with van der Waals surface area (Å²) in [6.45, 7) is 3.15. The lowest BCUT2D eigenvalue weighted by Crippen LogP contribution is -2.35. The van der Waals surface area contributed by atoms with E-state index in [2.05, 4.69) is 11.8 Å². The number of nitrogen functional groups attached to an aromatic ring is 1. The van der Waals surface area contributed by atoms with Crippen molar-refractivity contribution in [2.45, 2.75) is 19.4 Å². The number of nitrogens with two attached hydrogens (primary N) is 1. The third-order valence-electron chi connectivity index (χ3n) is 4.06. The molecule has 0 radical (unpaired) electrons. The Morgan fingerprint density at radius 2 is 2.20 bits per heavy atom. The molecule has 2 atom stereocenters. The second-order valence-corrected chi connectivity index (χ2v) is 5.68. The standard InChI is InChI=1S/C15H23N3O2/c1-10-6-7-18(14(10)9-19)13-5-4-11(8-12(13)16)15(20)17(2)3/h4-5,8,10,14,19H,6-7,9,16H2,1-3H3. The van der Waals surface area contributed by atoms with E-state index in [4.69, 9.17) is 5.73 Å². The van der Waals surface area contributed by atoms with Crippen molar-refractivity contribution in [2.75, 3.05) is 37.9 Å². The van der Waals surface area contributed by atoms with E-state index < -0.39 is 0 Å². The van der Waals surface area contributed by atoms with Crippen molar-refractivity contribution >= 4 is 17.3 Å². The molecule has 0 aliphatic carbocycles. The molecule has 1 aromatic rings. The first kappa shape index (κ1) is 14.7. The monoisotopic (exact) mass is 277 g/mol.